The Bertz CT molecular complexity index is 357. The van der Waals surface area contributed by atoms with E-state index in [2.05, 4.69) is 35.8 Å². The van der Waals surface area contributed by atoms with Gasteiger partial charge in [0.25, 0.3) is 0 Å². The molecule has 0 aromatic carbocycles. The molecule has 2 heterocycles. The van der Waals surface area contributed by atoms with Crippen LogP contribution in [0, 0.1) is 0 Å². The average Bonchev–Trinajstić information content (AvgIpc) is 2.61. The van der Waals surface area contributed by atoms with Crippen molar-refractivity contribution in [2.45, 2.75) is 33.2 Å². The molecule has 0 bridgehead atoms. The summed E-state index contributed by atoms with van der Waals surface area (Å²) in [6.07, 6.45) is 2.33. The van der Waals surface area contributed by atoms with Gasteiger partial charge >= 0.3 is 0 Å². The van der Waals surface area contributed by atoms with Crippen molar-refractivity contribution in [2.24, 2.45) is 0 Å². The van der Waals surface area contributed by atoms with E-state index in [0.29, 0.717) is 0 Å². The first kappa shape index (κ1) is 14.2. The smallest absolute Gasteiger partial charge is 0.185 e. The lowest BCUT2D eigenvalue weighted by Gasteiger charge is -2.18. The second-order valence-corrected chi connectivity index (χ2v) is 6.74. The van der Waals surface area contributed by atoms with Gasteiger partial charge in [-0.25, -0.2) is 4.98 Å². The number of thiazole rings is 1. The van der Waals surface area contributed by atoms with Crippen LogP contribution in [0.2, 0.25) is 0 Å². The topological polar surface area (TPSA) is 28.2 Å². The fourth-order valence-corrected chi connectivity index (χ4v) is 4.15. The average molecular weight is 285 g/mol. The van der Waals surface area contributed by atoms with Crippen LogP contribution in [0.25, 0.3) is 0 Å². The minimum absolute atomic E-state index is 0.972. The molecule has 1 saturated heterocycles. The van der Waals surface area contributed by atoms with E-state index in [1.807, 2.05) is 11.3 Å². The summed E-state index contributed by atoms with van der Waals surface area (Å²) in [5, 5.41) is 4.65. The van der Waals surface area contributed by atoms with Crippen LogP contribution >= 0.6 is 23.1 Å². The molecule has 0 saturated carbocycles. The molecule has 1 fully saturated rings. The molecule has 0 radical (unpaired) electrons. The number of thioether (sulfide) groups is 1. The Morgan fingerprint density at radius 1 is 1.28 bits per heavy atom. The Balaban J connectivity index is 2.09. The summed E-state index contributed by atoms with van der Waals surface area (Å²) >= 11 is 3.95. The van der Waals surface area contributed by atoms with Crippen molar-refractivity contribution in [2.75, 3.05) is 36.0 Å². The van der Waals surface area contributed by atoms with E-state index >= 15 is 0 Å². The molecular weight excluding hydrogens is 262 g/mol. The van der Waals surface area contributed by atoms with Crippen LogP contribution in [-0.4, -0.2) is 36.1 Å². The molecule has 1 aliphatic rings. The molecule has 5 heteroatoms. The molecule has 3 nitrogen and oxygen atoms in total. The highest BCUT2D eigenvalue weighted by Crippen LogP contribution is 2.28. The van der Waals surface area contributed by atoms with Gasteiger partial charge in [0, 0.05) is 30.3 Å². The number of nitrogens with one attached hydrogen (secondary N) is 1. The van der Waals surface area contributed by atoms with E-state index in [4.69, 9.17) is 4.98 Å². The monoisotopic (exact) mass is 285 g/mol. The first-order valence-electron chi connectivity index (χ1n) is 6.87. The van der Waals surface area contributed by atoms with E-state index in [1.165, 1.54) is 40.2 Å². The van der Waals surface area contributed by atoms with E-state index in [9.17, 15) is 0 Å². The van der Waals surface area contributed by atoms with Crippen molar-refractivity contribution in [1.29, 1.82) is 0 Å². The van der Waals surface area contributed by atoms with E-state index < -0.39 is 0 Å². The molecule has 0 spiro atoms. The Morgan fingerprint density at radius 2 is 2.17 bits per heavy atom. The fourth-order valence-electron chi connectivity index (χ4n) is 2.10. The van der Waals surface area contributed by atoms with Crippen LogP contribution in [0.3, 0.4) is 0 Å². The van der Waals surface area contributed by atoms with E-state index in [-0.39, 0.29) is 0 Å². The third-order valence-electron chi connectivity index (χ3n) is 3.13. The lowest BCUT2D eigenvalue weighted by molar-refractivity contribution is 0.727. The van der Waals surface area contributed by atoms with Crippen molar-refractivity contribution in [3.8, 4) is 0 Å². The minimum atomic E-state index is 0.972. The van der Waals surface area contributed by atoms with Crippen LogP contribution in [0.1, 0.15) is 30.8 Å². The van der Waals surface area contributed by atoms with Crippen molar-refractivity contribution in [3.05, 3.63) is 10.6 Å². The van der Waals surface area contributed by atoms with Gasteiger partial charge in [-0.05, 0) is 25.1 Å². The Labute approximate surface area is 118 Å². The lowest BCUT2D eigenvalue weighted by Crippen LogP contribution is -2.25. The number of anilines is 1. The molecule has 18 heavy (non-hydrogen) atoms. The van der Waals surface area contributed by atoms with Crippen molar-refractivity contribution < 1.29 is 0 Å². The summed E-state index contributed by atoms with van der Waals surface area (Å²) in [6.45, 7) is 8.68. The summed E-state index contributed by atoms with van der Waals surface area (Å²) in [5.41, 5.74) is 1.29. The highest BCUT2D eigenvalue weighted by Gasteiger charge is 2.16. The number of rotatable bonds is 5. The number of aromatic nitrogens is 1. The summed E-state index contributed by atoms with van der Waals surface area (Å²) in [6, 6.07) is 0. The standard InChI is InChI=1S/C13H23N3S2/c1-3-11-12(10-14-4-2)18-13(15-11)16-6-5-8-17-9-7-16/h14H,3-10H2,1-2H3. The fraction of sp³-hybridized carbons (Fsp3) is 0.769. The van der Waals surface area contributed by atoms with Crippen LogP contribution < -0.4 is 10.2 Å². The molecule has 1 aromatic heterocycles. The molecule has 102 valence electrons. The first-order valence-corrected chi connectivity index (χ1v) is 8.84. The largest absolute Gasteiger partial charge is 0.347 e. The number of hydrogen-bond donors (Lipinski definition) is 1. The molecule has 1 aromatic rings. The molecule has 0 unspecified atom stereocenters. The van der Waals surface area contributed by atoms with Gasteiger partial charge in [-0.15, -0.1) is 11.3 Å². The zero-order valence-electron chi connectivity index (χ0n) is 11.4. The molecular formula is C13H23N3S2. The van der Waals surface area contributed by atoms with Crippen LogP contribution in [0.5, 0.6) is 0 Å². The summed E-state index contributed by atoms with van der Waals surface area (Å²) in [7, 11) is 0. The molecule has 1 aliphatic heterocycles. The molecule has 0 atom stereocenters. The van der Waals surface area contributed by atoms with Gasteiger partial charge in [-0.1, -0.05) is 13.8 Å². The number of aryl methyl sites for hydroxylation is 1. The zero-order valence-corrected chi connectivity index (χ0v) is 13.0. The maximum absolute atomic E-state index is 4.84. The number of hydrogen-bond acceptors (Lipinski definition) is 5. The van der Waals surface area contributed by atoms with Gasteiger partial charge < -0.3 is 10.2 Å². The van der Waals surface area contributed by atoms with Gasteiger partial charge in [0.15, 0.2) is 5.13 Å². The predicted octanol–water partition coefficient (Wildman–Crippen LogP) is 2.76. The highest BCUT2D eigenvalue weighted by atomic mass is 32.2. The zero-order chi connectivity index (χ0) is 12.8. The van der Waals surface area contributed by atoms with Gasteiger partial charge in [0.2, 0.25) is 0 Å². The normalized spacial score (nSPS) is 16.9. The third kappa shape index (κ3) is 3.62. The van der Waals surface area contributed by atoms with Gasteiger partial charge in [-0.3, -0.25) is 0 Å². The maximum Gasteiger partial charge on any atom is 0.185 e. The lowest BCUT2D eigenvalue weighted by atomic mass is 10.3. The Hall–Kier alpha value is -0.260. The van der Waals surface area contributed by atoms with Crippen LogP contribution in [0.4, 0.5) is 5.13 Å². The summed E-state index contributed by atoms with van der Waals surface area (Å²) in [4.78, 5) is 8.74. The highest BCUT2D eigenvalue weighted by molar-refractivity contribution is 7.99. The molecule has 2 rings (SSSR count). The van der Waals surface area contributed by atoms with Crippen LogP contribution in [-0.2, 0) is 13.0 Å². The Morgan fingerprint density at radius 3 is 2.94 bits per heavy atom. The van der Waals surface area contributed by atoms with Crippen molar-refractivity contribution >= 4 is 28.2 Å². The van der Waals surface area contributed by atoms with Gasteiger partial charge in [0.05, 0.1) is 5.69 Å². The summed E-state index contributed by atoms with van der Waals surface area (Å²) < 4.78 is 0. The second-order valence-electron chi connectivity index (χ2n) is 4.45. The predicted molar refractivity (Wildman–Crippen MR) is 83.0 cm³/mol. The maximum atomic E-state index is 4.84. The quantitative estimate of drug-likeness (QED) is 0.900. The second kappa shape index (κ2) is 7.36. The molecule has 0 aliphatic carbocycles. The van der Waals surface area contributed by atoms with E-state index in [0.717, 1.165) is 26.1 Å². The summed E-state index contributed by atoms with van der Waals surface area (Å²) in [5.74, 6) is 2.54. The van der Waals surface area contributed by atoms with Crippen LogP contribution in [0.15, 0.2) is 0 Å². The van der Waals surface area contributed by atoms with Crippen molar-refractivity contribution in [3.63, 3.8) is 0 Å². The molecule has 0 amide bonds. The number of nitrogens with zero attached hydrogens (tertiary/aromatic N) is 2. The van der Waals surface area contributed by atoms with Gasteiger partial charge in [0.1, 0.15) is 0 Å². The van der Waals surface area contributed by atoms with Gasteiger partial charge in [-0.2, -0.15) is 11.8 Å². The van der Waals surface area contributed by atoms with E-state index in [1.54, 1.807) is 0 Å². The minimum Gasteiger partial charge on any atom is -0.347 e. The molecule has 1 N–H and O–H groups in total. The third-order valence-corrected chi connectivity index (χ3v) is 5.34. The SMILES string of the molecule is CCNCc1sc(N2CCCSCC2)nc1CC. The van der Waals surface area contributed by atoms with Crippen molar-refractivity contribution in [1.82, 2.24) is 10.3 Å². The Kier molecular flexibility index (Phi) is 5.79. The first-order chi connectivity index (χ1) is 8.85.